The first-order valence-electron chi connectivity index (χ1n) is 7.88. The van der Waals surface area contributed by atoms with Crippen LogP contribution in [-0.2, 0) is 6.42 Å². The second-order valence-electron chi connectivity index (χ2n) is 5.33. The molecule has 2 aromatic rings. The highest BCUT2D eigenvalue weighted by molar-refractivity contribution is 14.0. The number of halogens is 3. The smallest absolute Gasteiger partial charge is 0.191 e. The molecule has 0 aliphatic carbocycles. The third-order valence-corrected chi connectivity index (χ3v) is 3.79. The van der Waals surface area contributed by atoms with Crippen molar-refractivity contribution in [2.75, 3.05) is 19.6 Å². The van der Waals surface area contributed by atoms with E-state index in [-0.39, 0.29) is 30.5 Å². The monoisotopic (exact) mass is 509 g/mol. The lowest BCUT2D eigenvalue weighted by Gasteiger charge is -2.13. The maximum Gasteiger partial charge on any atom is 0.191 e. The minimum atomic E-state index is -0.802. The van der Waals surface area contributed by atoms with E-state index in [1.165, 1.54) is 0 Å². The molecule has 1 unspecified atom stereocenters. The topological polar surface area (TPSA) is 69.8 Å². The van der Waals surface area contributed by atoms with Gasteiger partial charge >= 0.3 is 0 Å². The summed E-state index contributed by atoms with van der Waals surface area (Å²) in [7, 11) is 0. The first kappa shape index (κ1) is 22.8. The summed E-state index contributed by atoms with van der Waals surface area (Å²) in [5, 5.41) is 17.6. The highest BCUT2D eigenvalue weighted by atomic mass is 127. The van der Waals surface area contributed by atoms with Crippen LogP contribution in [0.5, 0.6) is 0 Å². The van der Waals surface area contributed by atoms with E-state index < -0.39 is 6.10 Å². The van der Waals surface area contributed by atoms with Crippen molar-refractivity contribution in [1.82, 2.24) is 10.6 Å². The Balaban J connectivity index is 0.00000338. The Labute approximate surface area is 180 Å². The summed E-state index contributed by atoms with van der Waals surface area (Å²) in [6, 6.07) is 8.74. The number of aliphatic hydroxyl groups is 1. The number of rotatable bonds is 8. The normalized spacial score (nSPS) is 12.2. The van der Waals surface area contributed by atoms with Gasteiger partial charge in [0.25, 0.3) is 0 Å². The van der Waals surface area contributed by atoms with E-state index in [9.17, 15) is 5.11 Å². The van der Waals surface area contributed by atoms with Crippen molar-refractivity contribution in [2.45, 2.75) is 12.5 Å². The Bertz CT molecular complexity index is 688. The largest absolute Gasteiger partial charge is 0.469 e. The van der Waals surface area contributed by atoms with Crippen LogP contribution in [-0.4, -0.2) is 30.7 Å². The molecule has 8 heteroatoms. The Morgan fingerprint density at radius 1 is 1.27 bits per heavy atom. The van der Waals surface area contributed by atoms with Gasteiger partial charge in [-0.15, -0.1) is 30.6 Å². The third kappa shape index (κ3) is 7.99. The van der Waals surface area contributed by atoms with Crippen LogP contribution in [0.4, 0.5) is 0 Å². The zero-order valence-corrected chi connectivity index (χ0v) is 18.0. The molecule has 1 atom stereocenters. The van der Waals surface area contributed by atoms with Gasteiger partial charge in [-0.1, -0.05) is 29.3 Å². The van der Waals surface area contributed by atoms with Crippen LogP contribution in [0.1, 0.15) is 17.4 Å². The Kier molecular flexibility index (Phi) is 10.7. The maximum absolute atomic E-state index is 10.3. The summed E-state index contributed by atoms with van der Waals surface area (Å²) in [6.07, 6.45) is 3.31. The molecule has 3 N–H and O–H groups in total. The molecule has 0 fully saturated rings. The molecule has 2 rings (SSSR count). The fourth-order valence-corrected chi connectivity index (χ4v) is 2.70. The lowest BCUT2D eigenvalue weighted by molar-refractivity contribution is 0.187. The van der Waals surface area contributed by atoms with Crippen LogP contribution in [0.25, 0.3) is 0 Å². The number of hydrogen-bond acceptors (Lipinski definition) is 3. The summed E-state index contributed by atoms with van der Waals surface area (Å²) in [5.41, 5.74) is 0.625. The number of nitrogens with zero attached hydrogens (tertiary/aromatic N) is 1. The van der Waals surface area contributed by atoms with E-state index in [4.69, 9.17) is 27.6 Å². The molecular weight excluding hydrogens is 488 g/mol. The zero-order valence-electron chi connectivity index (χ0n) is 14.1. The lowest BCUT2D eigenvalue weighted by atomic mass is 10.1. The summed E-state index contributed by atoms with van der Waals surface area (Å²) in [4.78, 5) is 4.40. The van der Waals surface area contributed by atoms with Gasteiger partial charge in [0.1, 0.15) is 5.76 Å². The van der Waals surface area contributed by atoms with Gasteiger partial charge in [0.15, 0.2) is 5.96 Å². The number of guanidine groups is 1. The highest BCUT2D eigenvalue weighted by Gasteiger charge is 2.10. The average Bonchev–Trinajstić information content (AvgIpc) is 3.09. The van der Waals surface area contributed by atoms with Gasteiger partial charge in [-0.25, -0.2) is 0 Å². The molecule has 26 heavy (non-hydrogen) atoms. The van der Waals surface area contributed by atoms with Crippen molar-refractivity contribution in [2.24, 2.45) is 4.99 Å². The van der Waals surface area contributed by atoms with E-state index in [0.717, 1.165) is 12.2 Å². The van der Waals surface area contributed by atoms with Gasteiger partial charge in [0, 0.05) is 29.6 Å². The number of nitrogens with one attached hydrogen (secondary N) is 2. The molecular formula is C18H22Cl2IN3O2. The van der Waals surface area contributed by atoms with Crippen LogP contribution in [0.3, 0.4) is 0 Å². The summed E-state index contributed by atoms with van der Waals surface area (Å²) in [6.45, 7) is 5.06. The minimum Gasteiger partial charge on any atom is -0.469 e. The van der Waals surface area contributed by atoms with E-state index in [1.807, 2.05) is 12.1 Å². The van der Waals surface area contributed by atoms with Crippen LogP contribution < -0.4 is 10.6 Å². The van der Waals surface area contributed by atoms with Crippen LogP contribution in [0.15, 0.2) is 58.7 Å². The van der Waals surface area contributed by atoms with E-state index in [1.54, 1.807) is 30.5 Å². The van der Waals surface area contributed by atoms with Crippen molar-refractivity contribution in [3.63, 3.8) is 0 Å². The van der Waals surface area contributed by atoms with Crippen LogP contribution in [0.2, 0.25) is 10.0 Å². The molecule has 0 saturated carbocycles. The molecule has 0 saturated heterocycles. The fourth-order valence-electron chi connectivity index (χ4n) is 2.15. The fraction of sp³-hybridized carbons (Fsp3) is 0.278. The molecule has 0 amide bonds. The van der Waals surface area contributed by atoms with Gasteiger partial charge in [-0.05, 0) is 35.9 Å². The van der Waals surface area contributed by atoms with E-state index in [0.29, 0.717) is 34.7 Å². The number of benzene rings is 1. The van der Waals surface area contributed by atoms with Crippen molar-refractivity contribution < 1.29 is 9.52 Å². The molecule has 0 bridgehead atoms. The lowest BCUT2D eigenvalue weighted by Crippen LogP contribution is -2.38. The number of aliphatic hydroxyl groups excluding tert-OH is 1. The first-order chi connectivity index (χ1) is 12.1. The molecule has 1 aromatic carbocycles. The second-order valence-corrected chi connectivity index (χ2v) is 6.21. The zero-order chi connectivity index (χ0) is 18.1. The molecule has 1 heterocycles. The van der Waals surface area contributed by atoms with Gasteiger partial charge in [-0.3, -0.25) is 4.99 Å². The molecule has 0 aliphatic heterocycles. The van der Waals surface area contributed by atoms with Crippen molar-refractivity contribution >= 4 is 53.1 Å². The van der Waals surface area contributed by atoms with Crippen molar-refractivity contribution in [3.05, 3.63) is 70.6 Å². The van der Waals surface area contributed by atoms with E-state index in [2.05, 4.69) is 22.2 Å². The Hall–Kier alpha value is -1.22. The third-order valence-electron chi connectivity index (χ3n) is 3.35. The summed E-state index contributed by atoms with van der Waals surface area (Å²) < 4.78 is 5.29. The maximum atomic E-state index is 10.3. The predicted molar refractivity (Wildman–Crippen MR) is 118 cm³/mol. The van der Waals surface area contributed by atoms with E-state index >= 15 is 0 Å². The standard InChI is InChI=1S/C18H21Cl2N3O2.HI/c1-2-6-21-18(22-7-5-16-4-3-8-25-16)23-12-17(24)13-9-14(19)11-15(20)10-13;/h2-4,8-11,17,24H,1,5-7,12H2,(H2,21,22,23);1H. The predicted octanol–water partition coefficient (Wildman–Crippen LogP) is 4.20. The van der Waals surface area contributed by atoms with Gasteiger partial charge in [0.2, 0.25) is 0 Å². The van der Waals surface area contributed by atoms with Crippen LogP contribution in [0, 0.1) is 0 Å². The molecule has 0 spiro atoms. The molecule has 0 radical (unpaired) electrons. The van der Waals surface area contributed by atoms with Gasteiger partial charge < -0.3 is 20.2 Å². The van der Waals surface area contributed by atoms with Gasteiger partial charge in [0.05, 0.1) is 18.9 Å². The molecule has 142 valence electrons. The molecule has 0 aliphatic rings. The summed E-state index contributed by atoms with van der Waals surface area (Å²) in [5.74, 6) is 1.47. The SMILES string of the molecule is C=CCNC(=NCC(O)c1cc(Cl)cc(Cl)c1)NCCc1ccco1.I. The molecule has 1 aromatic heterocycles. The number of hydrogen-bond donors (Lipinski definition) is 3. The minimum absolute atomic E-state index is 0. The number of aliphatic imine (C=N–C) groups is 1. The molecule has 5 nitrogen and oxygen atoms in total. The average molecular weight is 510 g/mol. The second kappa shape index (κ2) is 12.2. The Morgan fingerprint density at radius 2 is 2.00 bits per heavy atom. The number of furan rings is 1. The quantitative estimate of drug-likeness (QED) is 0.216. The summed E-state index contributed by atoms with van der Waals surface area (Å²) >= 11 is 11.9. The Morgan fingerprint density at radius 3 is 2.62 bits per heavy atom. The first-order valence-corrected chi connectivity index (χ1v) is 8.63. The highest BCUT2D eigenvalue weighted by Crippen LogP contribution is 2.23. The van der Waals surface area contributed by atoms with Crippen LogP contribution >= 0.6 is 47.2 Å². The van der Waals surface area contributed by atoms with Gasteiger partial charge in [-0.2, -0.15) is 0 Å². The van der Waals surface area contributed by atoms with Crippen molar-refractivity contribution in [3.8, 4) is 0 Å². The van der Waals surface area contributed by atoms with Crippen molar-refractivity contribution in [1.29, 1.82) is 0 Å².